The predicted molar refractivity (Wildman–Crippen MR) is 96.9 cm³/mol. The van der Waals surface area contributed by atoms with Crippen molar-refractivity contribution in [3.05, 3.63) is 39.2 Å². The zero-order valence-corrected chi connectivity index (χ0v) is 15.6. The fourth-order valence-electron chi connectivity index (χ4n) is 2.33. The zero-order valence-electron chi connectivity index (χ0n) is 13.3. The van der Waals surface area contributed by atoms with Gasteiger partial charge in [0.2, 0.25) is 5.95 Å². The molecule has 3 N–H and O–H groups in total. The Morgan fingerprint density at radius 3 is 2.85 bits per heavy atom. The van der Waals surface area contributed by atoms with Crippen LogP contribution in [0, 0.1) is 5.82 Å². The van der Waals surface area contributed by atoms with Crippen LogP contribution < -0.4 is 15.8 Å². The molecule has 1 aromatic carbocycles. The van der Waals surface area contributed by atoms with Crippen LogP contribution >= 0.6 is 27.5 Å². The van der Waals surface area contributed by atoms with Crippen molar-refractivity contribution in [1.82, 2.24) is 15.4 Å². The number of hydrogen-bond acceptors (Lipinski definition) is 7. The number of halogens is 3. The first kappa shape index (κ1) is 18.6. The Bertz CT molecular complexity index is 835. The molecule has 2 heterocycles. The summed E-state index contributed by atoms with van der Waals surface area (Å²) in [4.78, 5) is 21.8. The summed E-state index contributed by atoms with van der Waals surface area (Å²) in [5.74, 6) is -1.47. The van der Waals surface area contributed by atoms with Crippen molar-refractivity contribution in [2.45, 2.75) is 0 Å². The van der Waals surface area contributed by atoms with E-state index in [1.165, 1.54) is 12.1 Å². The van der Waals surface area contributed by atoms with Crippen LogP contribution in [0.1, 0.15) is 10.4 Å². The molecule has 0 unspecified atom stereocenters. The molecule has 138 valence electrons. The molecule has 1 aromatic heterocycles. The lowest BCUT2D eigenvalue weighted by atomic mass is 10.2. The lowest BCUT2D eigenvalue weighted by Gasteiger charge is -2.28. The molecule has 0 atom stereocenters. The zero-order chi connectivity index (χ0) is 18.7. The van der Waals surface area contributed by atoms with E-state index in [9.17, 15) is 14.3 Å². The molecule has 0 bridgehead atoms. The Kier molecular flexibility index (Phi) is 5.74. The van der Waals surface area contributed by atoms with Crippen molar-refractivity contribution in [1.29, 1.82) is 0 Å². The molecule has 1 fully saturated rings. The van der Waals surface area contributed by atoms with Crippen molar-refractivity contribution in [2.24, 2.45) is 0 Å². The third-order valence-corrected chi connectivity index (χ3v) is 4.34. The van der Waals surface area contributed by atoms with Crippen LogP contribution in [0.2, 0.25) is 5.02 Å². The van der Waals surface area contributed by atoms with E-state index in [0.717, 1.165) is 6.20 Å². The number of carbonyl (C=O) groups excluding carboxylic acids is 1. The van der Waals surface area contributed by atoms with E-state index in [1.54, 1.807) is 4.90 Å². The molecule has 1 saturated heterocycles. The van der Waals surface area contributed by atoms with Gasteiger partial charge in [-0.05, 0) is 12.1 Å². The fraction of sp³-hybridized carbons (Fsp3) is 0.267. The number of phenolic OH excluding ortho intramolecular Hbond substituents is 1. The van der Waals surface area contributed by atoms with Crippen molar-refractivity contribution in [3.63, 3.8) is 0 Å². The molecule has 3 rings (SSSR count). The standard InChI is InChI=1S/C15H14BrClFN5O3/c16-8-5-9(12(24)10(17)6-8)14(25)21-22-15-19-7-11(18)13(20-15)23-1-3-26-4-2-23/h5-7,24H,1-4H2,(H,21,25)(H,19,20,22). The van der Waals surface area contributed by atoms with E-state index in [2.05, 4.69) is 36.7 Å². The number of aromatic hydroxyl groups is 1. The summed E-state index contributed by atoms with van der Waals surface area (Å²) in [6.45, 7) is 1.96. The first-order valence-electron chi connectivity index (χ1n) is 7.55. The Morgan fingerprint density at radius 1 is 1.38 bits per heavy atom. The normalized spacial score (nSPS) is 14.2. The van der Waals surface area contributed by atoms with Gasteiger partial charge in [0.15, 0.2) is 11.6 Å². The van der Waals surface area contributed by atoms with Crippen LogP contribution in [0.3, 0.4) is 0 Å². The van der Waals surface area contributed by atoms with Crippen molar-refractivity contribution >= 4 is 45.2 Å². The van der Waals surface area contributed by atoms with Crippen LogP contribution in [0.4, 0.5) is 16.2 Å². The maximum atomic E-state index is 14.0. The highest BCUT2D eigenvalue weighted by molar-refractivity contribution is 9.10. The first-order valence-corrected chi connectivity index (χ1v) is 8.72. The number of nitrogens with one attached hydrogen (secondary N) is 2. The lowest BCUT2D eigenvalue weighted by molar-refractivity contribution is 0.0959. The summed E-state index contributed by atoms with van der Waals surface area (Å²) in [6.07, 6.45) is 1.01. The second-order valence-electron chi connectivity index (χ2n) is 5.33. The molecule has 1 amide bonds. The molecule has 0 saturated carbocycles. The number of amides is 1. The molecule has 0 aliphatic carbocycles. The van der Waals surface area contributed by atoms with E-state index >= 15 is 0 Å². The summed E-state index contributed by atoms with van der Waals surface area (Å²) in [5, 5.41) is 9.92. The number of rotatable bonds is 4. The van der Waals surface area contributed by atoms with Gasteiger partial charge in [0.05, 0.1) is 30.0 Å². The predicted octanol–water partition coefficient (Wildman–Crippen LogP) is 2.33. The number of anilines is 2. The SMILES string of the molecule is O=C(NNc1ncc(F)c(N2CCOCC2)n1)c1cc(Br)cc(Cl)c1O. The van der Waals surface area contributed by atoms with E-state index < -0.39 is 11.7 Å². The Morgan fingerprint density at radius 2 is 2.12 bits per heavy atom. The average molecular weight is 447 g/mol. The van der Waals surface area contributed by atoms with E-state index in [0.29, 0.717) is 30.8 Å². The minimum atomic E-state index is -0.661. The van der Waals surface area contributed by atoms with Gasteiger partial charge in [-0.1, -0.05) is 27.5 Å². The average Bonchev–Trinajstić information content (AvgIpc) is 2.64. The highest BCUT2D eigenvalue weighted by atomic mass is 79.9. The molecular formula is C15H14BrClFN5O3. The van der Waals surface area contributed by atoms with Crippen molar-refractivity contribution in [3.8, 4) is 5.75 Å². The summed E-state index contributed by atoms with van der Waals surface area (Å²) < 4.78 is 19.7. The van der Waals surface area contributed by atoms with Crippen LogP contribution in [-0.4, -0.2) is 47.3 Å². The van der Waals surface area contributed by atoms with E-state index in [4.69, 9.17) is 16.3 Å². The van der Waals surface area contributed by atoms with Gasteiger partial charge in [-0.15, -0.1) is 0 Å². The second kappa shape index (κ2) is 8.02. The Hall–Kier alpha value is -2.17. The number of morpholine rings is 1. The van der Waals surface area contributed by atoms with Gasteiger partial charge in [0, 0.05) is 17.6 Å². The molecular weight excluding hydrogens is 433 g/mol. The topological polar surface area (TPSA) is 99.6 Å². The van der Waals surface area contributed by atoms with Crippen LogP contribution in [0.25, 0.3) is 0 Å². The quantitative estimate of drug-likeness (QED) is 0.620. The maximum Gasteiger partial charge on any atom is 0.273 e. The Labute approximate surface area is 161 Å². The first-order chi connectivity index (χ1) is 12.5. The minimum absolute atomic E-state index is 0.00169. The molecule has 8 nitrogen and oxygen atoms in total. The van der Waals surface area contributed by atoms with Gasteiger partial charge in [-0.3, -0.25) is 15.6 Å². The van der Waals surface area contributed by atoms with Gasteiger partial charge >= 0.3 is 0 Å². The number of hydrazine groups is 1. The fourth-order valence-corrected chi connectivity index (χ4v) is 3.14. The molecule has 1 aliphatic rings. The number of hydrogen-bond donors (Lipinski definition) is 3. The van der Waals surface area contributed by atoms with Crippen LogP contribution in [0.5, 0.6) is 5.75 Å². The molecule has 0 radical (unpaired) electrons. The maximum absolute atomic E-state index is 14.0. The summed E-state index contributed by atoms with van der Waals surface area (Å²) in [6, 6.07) is 2.86. The third-order valence-electron chi connectivity index (χ3n) is 3.60. The van der Waals surface area contributed by atoms with Crippen molar-refractivity contribution < 1.29 is 19.0 Å². The monoisotopic (exact) mass is 445 g/mol. The highest BCUT2D eigenvalue weighted by Gasteiger charge is 2.19. The number of ether oxygens (including phenoxy) is 1. The lowest BCUT2D eigenvalue weighted by Crippen LogP contribution is -2.38. The summed E-state index contributed by atoms with van der Waals surface area (Å²) >= 11 is 9.04. The van der Waals surface area contributed by atoms with Crippen LogP contribution in [-0.2, 0) is 4.74 Å². The summed E-state index contributed by atoms with van der Waals surface area (Å²) in [7, 11) is 0. The molecule has 2 aromatic rings. The van der Waals surface area contributed by atoms with Gasteiger partial charge in [0.1, 0.15) is 5.75 Å². The summed E-state index contributed by atoms with van der Waals surface area (Å²) in [5.41, 5.74) is 4.79. The number of benzene rings is 1. The third kappa shape index (κ3) is 4.14. The number of nitrogens with zero attached hydrogens (tertiary/aromatic N) is 3. The second-order valence-corrected chi connectivity index (χ2v) is 6.65. The number of carbonyl (C=O) groups is 1. The van der Waals surface area contributed by atoms with Crippen LogP contribution in [0.15, 0.2) is 22.8 Å². The highest BCUT2D eigenvalue weighted by Crippen LogP contribution is 2.31. The van der Waals surface area contributed by atoms with Gasteiger partial charge in [0.25, 0.3) is 5.91 Å². The number of phenols is 1. The van der Waals surface area contributed by atoms with Gasteiger partial charge < -0.3 is 14.7 Å². The largest absolute Gasteiger partial charge is 0.506 e. The number of aromatic nitrogens is 2. The molecule has 1 aliphatic heterocycles. The minimum Gasteiger partial charge on any atom is -0.506 e. The molecule has 26 heavy (non-hydrogen) atoms. The van der Waals surface area contributed by atoms with Gasteiger partial charge in [-0.2, -0.15) is 4.98 Å². The van der Waals surface area contributed by atoms with Crippen molar-refractivity contribution in [2.75, 3.05) is 36.6 Å². The molecule has 11 heteroatoms. The van der Waals surface area contributed by atoms with E-state index in [-0.39, 0.29) is 28.1 Å². The Balaban J connectivity index is 1.73. The smallest absolute Gasteiger partial charge is 0.273 e. The van der Waals surface area contributed by atoms with E-state index in [1.807, 2.05) is 0 Å². The van der Waals surface area contributed by atoms with Gasteiger partial charge in [-0.25, -0.2) is 9.37 Å². The molecule has 0 spiro atoms.